The third kappa shape index (κ3) is 3.34. The molecule has 0 spiro atoms. The maximum absolute atomic E-state index is 5.78. The van der Waals surface area contributed by atoms with Crippen LogP contribution in [0.4, 0.5) is 0 Å². The van der Waals surface area contributed by atoms with Gasteiger partial charge in [-0.15, -0.1) is 0 Å². The molecule has 0 radical (unpaired) electrons. The van der Waals surface area contributed by atoms with Gasteiger partial charge in [0.1, 0.15) is 5.60 Å². The van der Waals surface area contributed by atoms with Gasteiger partial charge in [0.15, 0.2) is 0 Å². The molecular weight excluding hydrogens is 242 g/mol. The van der Waals surface area contributed by atoms with Crippen molar-refractivity contribution >= 4 is 0 Å². The molecule has 2 unspecified atom stereocenters. The summed E-state index contributed by atoms with van der Waals surface area (Å²) < 4.78 is 11.1. The fourth-order valence-electron chi connectivity index (χ4n) is 2.94. The summed E-state index contributed by atoms with van der Waals surface area (Å²) in [5, 5.41) is 7.28. The minimum absolute atomic E-state index is 0.331. The van der Waals surface area contributed by atoms with Crippen LogP contribution in [0.25, 0.3) is 0 Å². The molecule has 1 fully saturated rings. The van der Waals surface area contributed by atoms with Crippen LogP contribution in [0.1, 0.15) is 50.7 Å². The van der Waals surface area contributed by atoms with E-state index in [9.17, 15) is 0 Å². The van der Waals surface area contributed by atoms with Gasteiger partial charge in [-0.05, 0) is 45.2 Å². The first-order chi connectivity index (χ1) is 9.20. The van der Waals surface area contributed by atoms with E-state index in [4.69, 9.17) is 9.26 Å². The number of hydrogen-bond acceptors (Lipinski definition) is 5. The second-order valence-corrected chi connectivity index (χ2v) is 5.62. The molecule has 2 rings (SSSR count). The Kier molecular flexibility index (Phi) is 4.93. The summed E-state index contributed by atoms with van der Waals surface area (Å²) in [6, 6.07) is 0. The monoisotopic (exact) mass is 267 g/mol. The van der Waals surface area contributed by atoms with Crippen LogP contribution in [0.15, 0.2) is 4.52 Å². The van der Waals surface area contributed by atoms with Crippen molar-refractivity contribution in [3.05, 3.63) is 11.7 Å². The molecule has 0 saturated heterocycles. The maximum atomic E-state index is 5.78. The van der Waals surface area contributed by atoms with E-state index in [0.29, 0.717) is 5.92 Å². The number of aromatic nitrogens is 2. The van der Waals surface area contributed by atoms with Crippen LogP contribution in [-0.4, -0.2) is 30.8 Å². The van der Waals surface area contributed by atoms with Gasteiger partial charge in [0, 0.05) is 13.5 Å². The molecule has 0 bridgehead atoms. The molecule has 5 nitrogen and oxygen atoms in total. The number of methoxy groups -OCH3 is 1. The third-order valence-electron chi connectivity index (χ3n) is 4.04. The zero-order valence-electron chi connectivity index (χ0n) is 12.2. The average Bonchev–Trinajstić information content (AvgIpc) is 2.88. The summed E-state index contributed by atoms with van der Waals surface area (Å²) >= 11 is 0. The summed E-state index contributed by atoms with van der Waals surface area (Å²) in [5.74, 6) is 2.11. The Morgan fingerprint density at radius 3 is 3.05 bits per heavy atom. The molecule has 0 amide bonds. The van der Waals surface area contributed by atoms with Gasteiger partial charge in [0.25, 0.3) is 0 Å². The SMILES string of the molecule is CNCCCc1nc(C2(OC)CCCC(C)C2)no1. The number of nitrogens with one attached hydrogen (secondary N) is 1. The topological polar surface area (TPSA) is 60.2 Å². The summed E-state index contributed by atoms with van der Waals surface area (Å²) in [5.41, 5.74) is -0.331. The highest BCUT2D eigenvalue weighted by atomic mass is 16.5. The fourth-order valence-corrected chi connectivity index (χ4v) is 2.94. The van der Waals surface area contributed by atoms with Crippen LogP contribution in [0, 0.1) is 5.92 Å². The smallest absolute Gasteiger partial charge is 0.226 e. The molecule has 0 aliphatic heterocycles. The van der Waals surface area contributed by atoms with E-state index in [1.807, 2.05) is 7.05 Å². The lowest BCUT2D eigenvalue weighted by molar-refractivity contribution is -0.0658. The van der Waals surface area contributed by atoms with Crippen molar-refractivity contribution < 1.29 is 9.26 Å². The van der Waals surface area contributed by atoms with E-state index in [2.05, 4.69) is 22.4 Å². The molecule has 1 N–H and O–H groups in total. The van der Waals surface area contributed by atoms with Crippen LogP contribution >= 0.6 is 0 Å². The lowest BCUT2D eigenvalue weighted by atomic mass is 9.78. The second-order valence-electron chi connectivity index (χ2n) is 5.62. The summed E-state index contributed by atoms with van der Waals surface area (Å²) in [4.78, 5) is 4.55. The predicted molar refractivity (Wildman–Crippen MR) is 72.9 cm³/mol. The Labute approximate surface area is 115 Å². The zero-order chi connectivity index (χ0) is 13.7. The number of hydrogen-bond donors (Lipinski definition) is 1. The Hall–Kier alpha value is -0.940. The zero-order valence-corrected chi connectivity index (χ0v) is 12.2. The molecule has 1 aromatic heterocycles. The standard InChI is InChI=1S/C14H25N3O2/c1-11-6-4-8-14(10-11,18-3)13-16-12(19-17-13)7-5-9-15-2/h11,15H,4-10H2,1-3H3. The molecule has 1 aromatic rings. The number of ether oxygens (including phenoxy) is 1. The highest BCUT2D eigenvalue weighted by Gasteiger charge is 2.40. The number of nitrogens with zero attached hydrogens (tertiary/aromatic N) is 2. The van der Waals surface area contributed by atoms with Gasteiger partial charge in [-0.2, -0.15) is 4.98 Å². The van der Waals surface area contributed by atoms with Crippen molar-refractivity contribution in [1.29, 1.82) is 0 Å². The summed E-state index contributed by atoms with van der Waals surface area (Å²) in [7, 11) is 3.71. The van der Waals surface area contributed by atoms with Crippen molar-refractivity contribution in [3.63, 3.8) is 0 Å². The van der Waals surface area contributed by atoms with Gasteiger partial charge in [-0.25, -0.2) is 0 Å². The molecule has 1 heterocycles. The first-order valence-electron chi connectivity index (χ1n) is 7.23. The van der Waals surface area contributed by atoms with Gasteiger partial charge >= 0.3 is 0 Å². The van der Waals surface area contributed by atoms with E-state index < -0.39 is 0 Å². The van der Waals surface area contributed by atoms with E-state index in [0.717, 1.165) is 43.9 Å². The molecule has 1 saturated carbocycles. The van der Waals surface area contributed by atoms with Crippen LogP contribution in [-0.2, 0) is 16.8 Å². The molecule has 2 atom stereocenters. The van der Waals surface area contributed by atoms with Gasteiger partial charge < -0.3 is 14.6 Å². The molecule has 0 aromatic carbocycles. The molecule has 1 aliphatic rings. The van der Waals surface area contributed by atoms with Gasteiger partial charge in [-0.3, -0.25) is 0 Å². The molecule has 108 valence electrons. The van der Waals surface area contributed by atoms with E-state index in [1.54, 1.807) is 7.11 Å². The number of aryl methyl sites for hydroxylation is 1. The minimum Gasteiger partial charge on any atom is -0.370 e. The van der Waals surface area contributed by atoms with Crippen LogP contribution in [0.5, 0.6) is 0 Å². The average molecular weight is 267 g/mol. The second kappa shape index (κ2) is 6.48. The van der Waals surface area contributed by atoms with Crippen molar-refractivity contribution in [1.82, 2.24) is 15.5 Å². The lowest BCUT2D eigenvalue weighted by Crippen LogP contribution is -2.35. The molecule has 5 heteroatoms. The summed E-state index contributed by atoms with van der Waals surface area (Å²) in [6.07, 6.45) is 6.23. The van der Waals surface area contributed by atoms with Crippen LogP contribution in [0.2, 0.25) is 0 Å². The van der Waals surface area contributed by atoms with Crippen molar-refractivity contribution in [2.45, 2.75) is 51.0 Å². The molecular formula is C14H25N3O2. The van der Waals surface area contributed by atoms with Crippen LogP contribution < -0.4 is 5.32 Å². The van der Waals surface area contributed by atoms with Gasteiger partial charge in [-0.1, -0.05) is 18.5 Å². The lowest BCUT2D eigenvalue weighted by Gasteiger charge is -2.36. The van der Waals surface area contributed by atoms with Crippen molar-refractivity contribution in [3.8, 4) is 0 Å². The Balaban J connectivity index is 2.06. The van der Waals surface area contributed by atoms with Gasteiger partial charge in [0.05, 0.1) is 0 Å². The molecule has 1 aliphatic carbocycles. The Morgan fingerprint density at radius 2 is 2.37 bits per heavy atom. The fraction of sp³-hybridized carbons (Fsp3) is 0.857. The van der Waals surface area contributed by atoms with Crippen molar-refractivity contribution in [2.75, 3.05) is 20.7 Å². The minimum atomic E-state index is -0.331. The quantitative estimate of drug-likeness (QED) is 0.801. The summed E-state index contributed by atoms with van der Waals surface area (Å²) in [6.45, 7) is 3.23. The predicted octanol–water partition coefficient (Wildman–Crippen LogP) is 2.27. The Morgan fingerprint density at radius 1 is 1.53 bits per heavy atom. The third-order valence-corrected chi connectivity index (χ3v) is 4.04. The normalized spacial score (nSPS) is 27.6. The van der Waals surface area contributed by atoms with Crippen LogP contribution in [0.3, 0.4) is 0 Å². The van der Waals surface area contributed by atoms with Gasteiger partial charge in [0.2, 0.25) is 11.7 Å². The van der Waals surface area contributed by atoms with E-state index in [1.165, 1.54) is 12.8 Å². The number of rotatable bonds is 6. The van der Waals surface area contributed by atoms with E-state index in [-0.39, 0.29) is 5.60 Å². The maximum Gasteiger partial charge on any atom is 0.226 e. The van der Waals surface area contributed by atoms with Crippen molar-refractivity contribution in [2.24, 2.45) is 5.92 Å². The molecule has 19 heavy (non-hydrogen) atoms. The first kappa shape index (κ1) is 14.5. The van der Waals surface area contributed by atoms with E-state index >= 15 is 0 Å². The Bertz CT molecular complexity index is 394. The highest BCUT2D eigenvalue weighted by molar-refractivity contribution is 5.04. The first-order valence-corrected chi connectivity index (χ1v) is 7.23. The highest BCUT2D eigenvalue weighted by Crippen LogP contribution is 2.41. The largest absolute Gasteiger partial charge is 0.370 e.